The first-order valence-electron chi connectivity index (χ1n) is 6.12. The van der Waals surface area contributed by atoms with E-state index in [0.29, 0.717) is 6.17 Å². The van der Waals surface area contributed by atoms with Gasteiger partial charge >= 0.3 is 0 Å². The predicted molar refractivity (Wildman–Crippen MR) is 67.7 cm³/mol. The monoisotopic (exact) mass is 236 g/mol. The van der Waals surface area contributed by atoms with Crippen LogP contribution in [0.4, 0.5) is 5.69 Å². The summed E-state index contributed by atoms with van der Waals surface area (Å²) in [6.45, 7) is 2.30. The van der Waals surface area contributed by atoms with Gasteiger partial charge in [0.15, 0.2) is 0 Å². The van der Waals surface area contributed by atoms with E-state index in [1.54, 1.807) is 0 Å². The van der Waals surface area contributed by atoms with E-state index in [1.165, 1.54) is 43.5 Å². The molecule has 0 radical (unpaired) electrons. The normalized spacial score (nSPS) is 25.2. The smallest absolute Gasteiger partial charge is 0.0796 e. The van der Waals surface area contributed by atoms with Crippen molar-refractivity contribution in [1.82, 2.24) is 4.90 Å². The summed E-state index contributed by atoms with van der Waals surface area (Å²) in [5.74, 6) is 0. The van der Waals surface area contributed by atoms with Crippen LogP contribution < -0.4 is 5.32 Å². The molecule has 0 spiro atoms. The Hall–Kier alpha value is -0.730. The molecule has 2 heterocycles. The maximum atomic E-state index is 6.03. The van der Waals surface area contributed by atoms with Crippen LogP contribution in [0.5, 0.6) is 0 Å². The van der Waals surface area contributed by atoms with Gasteiger partial charge in [0.05, 0.1) is 6.17 Å². The third-order valence-electron chi connectivity index (χ3n) is 3.63. The van der Waals surface area contributed by atoms with Gasteiger partial charge in [-0.3, -0.25) is 4.90 Å². The lowest BCUT2D eigenvalue weighted by Crippen LogP contribution is -2.43. The highest BCUT2D eigenvalue weighted by molar-refractivity contribution is 6.30. The van der Waals surface area contributed by atoms with Gasteiger partial charge in [0, 0.05) is 23.8 Å². The van der Waals surface area contributed by atoms with Crippen molar-refractivity contribution in [3.8, 4) is 0 Å². The number of anilines is 1. The molecule has 2 aliphatic heterocycles. The molecule has 3 heteroatoms. The van der Waals surface area contributed by atoms with Crippen LogP contribution in [-0.2, 0) is 6.54 Å². The Kier molecular flexibility index (Phi) is 2.78. The minimum atomic E-state index is 0.522. The molecule has 0 saturated carbocycles. The van der Waals surface area contributed by atoms with E-state index in [9.17, 15) is 0 Å². The van der Waals surface area contributed by atoms with E-state index in [1.807, 2.05) is 6.07 Å². The number of halogens is 1. The molecule has 0 aliphatic carbocycles. The first-order valence-corrected chi connectivity index (χ1v) is 6.50. The molecule has 16 heavy (non-hydrogen) atoms. The summed E-state index contributed by atoms with van der Waals surface area (Å²) in [7, 11) is 0. The van der Waals surface area contributed by atoms with Gasteiger partial charge in [-0.1, -0.05) is 30.5 Å². The molecule has 2 aliphatic rings. The van der Waals surface area contributed by atoms with Crippen LogP contribution in [0.2, 0.25) is 5.02 Å². The molecule has 1 N–H and O–H groups in total. The lowest BCUT2D eigenvalue weighted by molar-refractivity contribution is 0.202. The van der Waals surface area contributed by atoms with Gasteiger partial charge in [-0.05, 0) is 30.5 Å². The summed E-state index contributed by atoms with van der Waals surface area (Å²) in [5, 5.41) is 4.45. The van der Waals surface area contributed by atoms with E-state index in [-0.39, 0.29) is 0 Å². The molecule has 3 rings (SSSR count). The number of hydrogen-bond donors (Lipinski definition) is 1. The Balaban J connectivity index is 1.89. The maximum Gasteiger partial charge on any atom is 0.0796 e. The van der Waals surface area contributed by atoms with Gasteiger partial charge in [0.25, 0.3) is 0 Å². The van der Waals surface area contributed by atoms with E-state index in [0.717, 1.165) is 11.6 Å². The topological polar surface area (TPSA) is 15.3 Å². The van der Waals surface area contributed by atoms with Crippen LogP contribution in [0.3, 0.4) is 0 Å². The lowest BCUT2D eigenvalue weighted by atomic mass is 10.1. The molecule has 1 aromatic rings. The molecule has 1 saturated heterocycles. The largest absolute Gasteiger partial charge is 0.369 e. The molecule has 1 unspecified atom stereocenters. The number of nitrogens with zero attached hydrogens (tertiary/aromatic N) is 1. The second-order valence-corrected chi connectivity index (χ2v) is 5.22. The molecule has 86 valence electrons. The molecule has 0 amide bonds. The van der Waals surface area contributed by atoms with Crippen molar-refractivity contribution in [3.63, 3.8) is 0 Å². The van der Waals surface area contributed by atoms with E-state index in [2.05, 4.69) is 22.3 Å². The van der Waals surface area contributed by atoms with Gasteiger partial charge in [-0.15, -0.1) is 0 Å². The number of fused-ring (bicyclic) bond motifs is 2. The fraction of sp³-hybridized carbons (Fsp3) is 0.538. The predicted octanol–water partition coefficient (Wildman–Crippen LogP) is 3.47. The van der Waals surface area contributed by atoms with Gasteiger partial charge < -0.3 is 5.32 Å². The van der Waals surface area contributed by atoms with Crippen molar-refractivity contribution in [2.75, 3.05) is 11.9 Å². The van der Waals surface area contributed by atoms with Gasteiger partial charge in [0.2, 0.25) is 0 Å². The molecule has 1 fully saturated rings. The molecule has 2 nitrogen and oxygen atoms in total. The van der Waals surface area contributed by atoms with Crippen LogP contribution in [0.1, 0.15) is 31.2 Å². The van der Waals surface area contributed by atoms with Crippen LogP contribution in [0, 0.1) is 0 Å². The van der Waals surface area contributed by atoms with Crippen LogP contribution in [0.25, 0.3) is 0 Å². The quantitative estimate of drug-likeness (QED) is 0.742. The van der Waals surface area contributed by atoms with Crippen molar-refractivity contribution in [2.45, 2.75) is 38.4 Å². The Labute approximate surface area is 102 Å². The maximum absolute atomic E-state index is 6.03. The molecule has 0 aromatic heterocycles. The zero-order valence-corrected chi connectivity index (χ0v) is 10.1. The first-order chi connectivity index (χ1) is 7.83. The average molecular weight is 237 g/mol. The summed E-state index contributed by atoms with van der Waals surface area (Å²) in [6.07, 6.45) is 5.82. The molecule has 0 bridgehead atoms. The van der Waals surface area contributed by atoms with Gasteiger partial charge in [-0.25, -0.2) is 0 Å². The zero-order valence-electron chi connectivity index (χ0n) is 9.38. The SMILES string of the molecule is Clc1ccc2c(c1)NC1CCCCCN1C2. The first kappa shape index (κ1) is 10.4. The Bertz CT molecular complexity index is 392. The van der Waals surface area contributed by atoms with Crippen molar-refractivity contribution in [3.05, 3.63) is 28.8 Å². The zero-order chi connectivity index (χ0) is 11.0. The highest BCUT2D eigenvalue weighted by atomic mass is 35.5. The summed E-state index contributed by atoms with van der Waals surface area (Å²) in [4.78, 5) is 2.56. The van der Waals surface area contributed by atoms with Crippen LogP contribution in [-0.4, -0.2) is 17.6 Å². The number of nitrogens with one attached hydrogen (secondary N) is 1. The summed E-state index contributed by atoms with van der Waals surface area (Å²) >= 11 is 6.03. The third kappa shape index (κ3) is 1.92. The van der Waals surface area contributed by atoms with E-state index in [4.69, 9.17) is 11.6 Å². The van der Waals surface area contributed by atoms with Crippen LogP contribution >= 0.6 is 11.6 Å². The summed E-state index contributed by atoms with van der Waals surface area (Å²) in [5.41, 5.74) is 2.61. The van der Waals surface area contributed by atoms with E-state index < -0.39 is 0 Å². The van der Waals surface area contributed by atoms with Crippen molar-refractivity contribution >= 4 is 17.3 Å². The summed E-state index contributed by atoms with van der Waals surface area (Å²) < 4.78 is 0. The second kappa shape index (κ2) is 4.27. The number of hydrogen-bond acceptors (Lipinski definition) is 2. The highest BCUT2D eigenvalue weighted by Crippen LogP contribution is 2.31. The van der Waals surface area contributed by atoms with Gasteiger partial charge in [0.1, 0.15) is 0 Å². The fourth-order valence-corrected chi connectivity index (χ4v) is 2.91. The molecule has 1 aromatic carbocycles. The minimum Gasteiger partial charge on any atom is -0.369 e. The molecule has 1 atom stereocenters. The third-order valence-corrected chi connectivity index (χ3v) is 3.87. The highest BCUT2D eigenvalue weighted by Gasteiger charge is 2.26. The fourth-order valence-electron chi connectivity index (χ4n) is 2.74. The standard InChI is InChI=1S/C13H17ClN2/c14-11-6-5-10-9-16-7-3-1-2-4-13(16)15-12(10)8-11/h5-6,8,13,15H,1-4,7,9H2. The number of rotatable bonds is 0. The van der Waals surface area contributed by atoms with E-state index >= 15 is 0 Å². The van der Waals surface area contributed by atoms with Crippen LogP contribution in [0.15, 0.2) is 18.2 Å². The number of benzene rings is 1. The lowest BCUT2D eigenvalue weighted by Gasteiger charge is -2.37. The van der Waals surface area contributed by atoms with Crippen molar-refractivity contribution in [2.24, 2.45) is 0 Å². The Morgan fingerprint density at radius 2 is 2.19 bits per heavy atom. The molecular weight excluding hydrogens is 220 g/mol. The Morgan fingerprint density at radius 3 is 3.12 bits per heavy atom. The minimum absolute atomic E-state index is 0.522. The Morgan fingerprint density at radius 1 is 1.25 bits per heavy atom. The molecular formula is C13H17ClN2. The average Bonchev–Trinajstić information content (AvgIpc) is 2.50. The summed E-state index contributed by atoms with van der Waals surface area (Å²) in [6, 6.07) is 6.19. The van der Waals surface area contributed by atoms with Gasteiger partial charge in [-0.2, -0.15) is 0 Å². The van der Waals surface area contributed by atoms with Crippen molar-refractivity contribution < 1.29 is 0 Å². The van der Waals surface area contributed by atoms with Crippen molar-refractivity contribution in [1.29, 1.82) is 0 Å². The second-order valence-electron chi connectivity index (χ2n) is 4.78.